The molecule has 0 fully saturated rings. The second kappa shape index (κ2) is 83.1. The van der Waals surface area contributed by atoms with Crippen LogP contribution in [0.5, 0.6) is 0 Å². The first-order valence-electron chi connectivity index (χ1n) is 47.5. The fourth-order valence-corrected chi connectivity index (χ4v) is 16.0. The molecule has 0 aromatic carbocycles. The van der Waals surface area contributed by atoms with Crippen LogP contribution in [0.4, 0.5) is 0 Å². The van der Waals surface area contributed by atoms with Crippen LogP contribution in [0.25, 0.3) is 0 Å². The highest BCUT2D eigenvalue weighted by atomic mass is 31.2. The lowest BCUT2D eigenvalue weighted by molar-refractivity contribution is -0.161. The fourth-order valence-electron chi connectivity index (χ4n) is 14.4. The maximum absolute atomic E-state index is 13.2. The molecular weight excluding hydrogens is 1440 g/mol. The molecule has 3 N–H and O–H groups in total. The van der Waals surface area contributed by atoms with Gasteiger partial charge in [-0.25, -0.2) is 9.13 Å². The molecule has 111 heavy (non-hydrogen) atoms. The summed E-state index contributed by atoms with van der Waals surface area (Å²) in [4.78, 5) is 73.4. The number of ether oxygens (including phenoxy) is 4. The van der Waals surface area contributed by atoms with E-state index in [4.69, 9.17) is 37.0 Å². The number of aliphatic hydroxyl groups excluding tert-OH is 1. The summed E-state index contributed by atoms with van der Waals surface area (Å²) < 4.78 is 69.1. The van der Waals surface area contributed by atoms with Crippen LogP contribution >= 0.6 is 15.6 Å². The topological polar surface area (TPSA) is 237 Å². The van der Waals surface area contributed by atoms with E-state index in [-0.39, 0.29) is 25.7 Å². The number of rotatable bonds is 91. The van der Waals surface area contributed by atoms with Gasteiger partial charge in [0.25, 0.3) is 0 Å². The summed E-state index contributed by atoms with van der Waals surface area (Å²) in [5.74, 6) is -0.525. The standard InChI is InChI=1S/C92H180O17P2/c1-7-10-12-14-16-18-20-22-24-26-28-30-31-33-35-37-42-46-50-58-64-70-76-91(96)108-87(80-102-89(94)74-68-62-56-49-45-41-36-34-32-29-27-25-23-21-19-17-15-13-11-8-2)82-106-110(98,99)104-78-86(93)79-105-111(100,101)107-83-88(81-103-90(95)75-69-63-57-53-52-54-60-66-72-84(4)5)109-92(97)77-71-65-59-51-47-43-39-38-40-44-48-55-61-67-73-85(6)9-3/h84-88,93H,7-83H2,1-6H3,(H,98,99)(H,100,101)/t85?,86-,87-,88-/m1/s1. The van der Waals surface area contributed by atoms with Crippen molar-refractivity contribution in [3.63, 3.8) is 0 Å². The lowest BCUT2D eigenvalue weighted by Gasteiger charge is -2.21. The molecule has 0 aromatic rings. The maximum atomic E-state index is 13.2. The van der Waals surface area contributed by atoms with E-state index in [1.54, 1.807) is 0 Å². The lowest BCUT2D eigenvalue weighted by atomic mass is 9.99. The second-order valence-electron chi connectivity index (χ2n) is 33.8. The Morgan fingerprint density at radius 3 is 0.685 bits per heavy atom. The average Bonchev–Trinajstić information content (AvgIpc) is 0.897. The Balaban J connectivity index is 5.23. The van der Waals surface area contributed by atoms with E-state index in [0.717, 1.165) is 102 Å². The summed E-state index contributed by atoms with van der Waals surface area (Å²) >= 11 is 0. The van der Waals surface area contributed by atoms with E-state index in [1.807, 2.05) is 0 Å². The van der Waals surface area contributed by atoms with E-state index in [0.29, 0.717) is 25.7 Å². The van der Waals surface area contributed by atoms with Crippen molar-refractivity contribution >= 4 is 39.5 Å². The van der Waals surface area contributed by atoms with Gasteiger partial charge in [0.2, 0.25) is 0 Å². The first kappa shape index (κ1) is 109. The van der Waals surface area contributed by atoms with Gasteiger partial charge in [-0.15, -0.1) is 0 Å². The van der Waals surface area contributed by atoms with Gasteiger partial charge in [-0.2, -0.15) is 0 Å². The minimum Gasteiger partial charge on any atom is -0.462 e. The molecule has 0 aliphatic heterocycles. The van der Waals surface area contributed by atoms with Crippen molar-refractivity contribution in [2.75, 3.05) is 39.6 Å². The first-order chi connectivity index (χ1) is 53.9. The summed E-state index contributed by atoms with van der Waals surface area (Å²) in [6.45, 7) is 9.72. The van der Waals surface area contributed by atoms with Gasteiger partial charge < -0.3 is 33.8 Å². The van der Waals surface area contributed by atoms with E-state index in [2.05, 4.69) is 41.5 Å². The van der Waals surface area contributed by atoms with Gasteiger partial charge in [0.05, 0.1) is 26.4 Å². The molecule has 0 saturated carbocycles. The zero-order valence-corrected chi connectivity index (χ0v) is 75.1. The van der Waals surface area contributed by atoms with Crippen LogP contribution in [0, 0.1) is 11.8 Å². The first-order valence-corrected chi connectivity index (χ1v) is 50.5. The predicted octanol–water partition coefficient (Wildman–Crippen LogP) is 28.6. The van der Waals surface area contributed by atoms with E-state index >= 15 is 0 Å². The van der Waals surface area contributed by atoms with Gasteiger partial charge in [0.15, 0.2) is 12.2 Å². The number of phosphoric acid groups is 2. The van der Waals surface area contributed by atoms with Crippen LogP contribution in [0.3, 0.4) is 0 Å². The largest absolute Gasteiger partial charge is 0.472 e. The van der Waals surface area contributed by atoms with E-state index in [1.165, 1.54) is 315 Å². The molecule has 0 amide bonds. The zero-order valence-electron chi connectivity index (χ0n) is 73.3. The Labute approximate surface area is 683 Å². The van der Waals surface area contributed by atoms with Crippen LogP contribution in [-0.2, 0) is 65.4 Å². The number of unbranched alkanes of at least 4 members (excludes halogenated alkanes) is 60. The Morgan fingerprint density at radius 1 is 0.261 bits per heavy atom. The number of carbonyl (C=O) groups excluding carboxylic acids is 4. The Bertz CT molecular complexity index is 2120. The molecule has 0 rings (SSSR count). The van der Waals surface area contributed by atoms with Gasteiger partial charge in [-0.3, -0.25) is 37.3 Å². The highest BCUT2D eigenvalue weighted by Gasteiger charge is 2.31. The highest BCUT2D eigenvalue weighted by Crippen LogP contribution is 2.45. The van der Waals surface area contributed by atoms with Gasteiger partial charge in [-0.1, -0.05) is 446 Å². The normalized spacial score (nSPS) is 14.0. The Hall–Kier alpha value is -1.94. The molecule has 0 bridgehead atoms. The summed E-state index contributed by atoms with van der Waals surface area (Å²) in [5.41, 5.74) is 0. The summed E-state index contributed by atoms with van der Waals surface area (Å²) in [6, 6.07) is 0. The molecule has 0 radical (unpaired) electrons. The molecule has 0 aliphatic carbocycles. The van der Waals surface area contributed by atoms with Crippen molar-refractivity contribution in [1.29, 1.82) is 0 Å². The van der Waals surface area contributed by atoms with Gasteiger partial charge in [-0.05, 0) is 37.5 Å². The molecule has 660 valence electrons. The monoisotopic (exact) mass is 1620 g/mol. The van der Waals surface area contributed by atoms with Crippen LogP contribution < -0.4 is 0 Å². The maximum Gasteiger partial charge on any atom is 0.472 e. The molecule has 19 heteroatoms. The summed E-state index contributed by atoms with van der Waals surface area (Å²) in [5, 5.41) is 10.7. The quantitative estimate of drug-likeness (QED) is 0.0222. The number of carbonyl (C=O) groups is 4. The molecule has 0 aliphatic rings. The van der Waals surface area contributed by atoms with Crippen molar-refractivity contribution in [1.82, 2.24) is 0 Å². The SMILES string of the molecule is CCCCCCCCCCCCCCCCCCCCCCCCC(=O)O[C@H](COC(=O)CCCCCCCCCCCCCCCCCCCCCC)COP(=O)(O)OC[C@@H](O)COP(=O)(O)OC[C@@H](COC(=O)CCCCCCCCCCC(C)C)OC(=O)CCCCCCCCCCCCCCCCC(C)CC. The molecule has 0 spiro atoms. The van der Waals surface area contributed by atoms with Crippen molar-refractivity contribution < 1.29 is 80.2 Å². The third-order valence-corrected chi connectivity index (χ3v) is 24.0. The van der Waals surface area contributed by atoms with E-state index in [9.17, 15) is 43.2 Å². The van der Waals surface area contributed by atoms with Crippen molar-refractivity contribution in [2.24, 2.45) is 11.8 Å². The predicted molar refractivity (Wildman–Crippen MR) is 460 cm³/mol. The number of phosphoric ester groups is 2. The molecule has 0 saturated heterocycles. The van der Waals surface area contributed by atoms with Crippen molar-refractivity contribution in [2.45, 2.75) is 516 Å². The summed E-state index contributed by atoms with van der Waals surface area (Å²) in [7, 11) is -9.94. The fraction of sp³-hybridized carbons (Fsp3) is 0.957. The molecule has 0 heterocycles. The number of esters is 4. The van der Waals surface area contributed by atoms with Crippen LogP contribution in [0.2, 0.25) is 0 Å². The molecular formula is C92H180O17P2. The minimum atomic E-state index is -4.97. The third kappa shape index (κ3) is 84.3. The molecule has 3 unspecified atom stereocenters. The molecule has 17 nitrogen and oxygen atoms in total. The highest BCUT2D eigenvalue weighted by molar-refractivity contribution is 7.47. The average molecular weight is 1620 g/mol. The number of aliphatic hydroxyl groups is 1. The Morgan fingerprint density at radius 2 is 0.459 bits per heavy atom. The minimum absolute atomic E-state index is 0.108. The number of hydrogen-bond acceptors (Lipinski definition) is 15. The van der Waals surface area contributed by atoms with Crippen LogP contribution in [0.15, 0.2) is 0 Å². The Kier molecular flexibility index (Phi) is 81.7. The van der Waals surface area contributed by atoms with Crippen molar-refractivity contribution in [3.05, 3.63) is 0 Å². The van der Waals surface area contributed by atoms with Gasteiger partial charge in [0, 0.05) is 25.7 Å². The van der Waals surface area contributed by atoms with Crippen LogP contribution in [-0.4, -0.2) is 96.7 Å². The molecule has 0 aromatic heterocycles. The van der Waals surface area contributed by atoms with Gasteiger partial charge >= 0.3 is 39.5 Å². The van der Waals surface area contributed by atoms with Gasteiger partial charge in [0.1, 0.15) is 19.3 Å². The second-order valence-corrected chi connectivity index (χ2v) is 36.7. The smallest absolute Gasteiger partial charge is 0.462 e. The molecule has 6 atom stereocenters. The number of hydrogen-bond donors (Lipinski definition) is 3. The van der Waals surface area contributed by atoms with Crippen molar-refractivity contribution in [3.8, 4) is 0 Å². The van der Waals surface area contributed by atoms with Crippen LogP contribution in [0.1, 0.15) is 497 Å². The zero-order chi connectivity index (χ0) is 81.3. The summed E-state index contributed by atoms with van der Waals surface area (Å²) in [6.07, 6.45) is 78.0. The van der Waals surface area contributed by atoms with E-state index < -0.39 is 97.5 Å². The third-order valence-electron chi connectivity index (χ3n) is 22.1. The lowest BCUT2D eigenvalue weighted by Crippen LogP contribution is -2.30.